The molecule has 6 heteroatoms. The Morgan fingerprint density at radius 2 is 1.58 bits per heavy atom. The van der Waals surface area contributed by atoms with Crippen molar-refractivity contribution in [1.29, 1.82) is 0 Å². The van der Waals surface area contributed by atoms with Gasteiger partial charge in [0, 0.05) is 11.1 Å². The predicted octanol–water partition coefficient (Wildman–Crippen LogP) is 7.52. The zero-order valence-electron chi connectivity index (χ0n) is 18.9. The molecule has 3 aromatic carbocycles. The summed E-state index contributed by atoms with van der Waals surface area (Å²) in [5, 5.41) is 3.86. The van der Waals surface area contributed by atoms with E-state index >= 15 is 0 Å². The van der Waals surface area contributed by atoms with Gasteiger partial charge in [-0.3, -0.25) is 4.79 Å². The van der Waals surface area contributed by atoms with Crippen LogP contribution in [0.5, 0.6) is 0 Å². The number of halogens is 1. The fraction of sp³-hybridized carbons (Fsp3) is 0.185. The highest BCUT2D eigenvalue weighted by Crippen LogP contribution is 2.35. The zero-order chi connectivity index (χ0) is 23.4. The van der Waals surface area contributed by atoms with Crippen molar-refractivity contribution < 1.29 is 4.79 Å². The molecule has 33 heavy (non-hydrogen) atoms. The zero-order valence-corrected chi connectivity index (χ0v) is 20.4. The Morgan fingerprint density at radius 3 is 2.18 bits per heavy atom. The number of anilines is 1. The number of benzene rings is 3. The number of thioether (sulfide) groups is 1. The van der Waals surface area contributed by atoms with Gasteiger partial charge in [-0.1, -0.05) is 102 Å². The minimum absolute atomic E-state index is 0.0965. The van der Waals surface area contributed by atoms with Crippen LogP contribution in [0.3, 0.4) is 0 Å². The van der Waals surface area contributed by atoms with E-state index in [1.807, 2.05) is 19.1 Å². The molecule has 0 aliphatic rings. The van der Waals surface area contributed by atoms with Crippen LogP contribution in [-0.2, 0) is 4.79 Å². The second-order valence-electron chi connectivity index (χ2n) is 7.98. The van der Waals surface area contributed by atoms with Crippen molar-refractivity contribution in [3.63, 3.8) is 0 Å². The number of carbonyl (C=O) groups excluding carboxylic acids is 1. The molecule has 1 atom stereocenters. The lowest BCUT2D eigenvalue weighted by Gasteiger charge is -2.14. The second kappa shape index (κ2) is 10.3. The van der Waals surface area contributed by atoms with Crippen molar-refractivity contribution >= 4 is 35.0 Å². The number of hydrogen-bond donors (Lipinski definition) is 2. The Morgan fingerprint density at radius 1 is 0.970 bits per heavy atom. The molecule has 4 nitrogen and oxygen atoms in total. The van der Waals surface area contributed by atoms with Crippen LogP contribution in [0.15, 0.2) is 78.0 Å². The number of aryl methyl sites for hydroxylation is 2. The van der Waals surface area contributed by atoms with Gasteiger partial charge in [0.05, 0.1) is 27.3 Å². The summed E-state index contributed by atoms with van der Waals surface area (Å²) in [4.78, 5) is 21.4. The van der Waals surface area contributed by atoms with E-state index in [2.05, 4.69) is 72.7 Å². The van der Waals surface area contributed by atoms with Crippen LogP contribution in [0.2, 0.25) is 5.02 Å². The Bertz CT molecular complexity index is 1190. The maximum Gasteiger partial charge on any atom is 0.238 e. The number of hydrogen-bond acceptors (Lipinski definition) is 3. The van der Waals surface area contributed by atoms with Crippen LogP contribution in [0, 0.1) is 13.8 Å². The van der Waals surface area contributed by atoms with Crippen molar-refractivity contribution in [1.82, 2.24) is 9.97 Å². The van der Waals surface area contributed by atoms with Gasteiger partial charge in [0.2, 0.25) is 5.91 Å². The van der Waals surface area contributed by atoms with Crippen LogP contribution in [-0.4, -0.2) is 21.1 Å². The number of rotatable bonds is 7. The second-order valence-corrected chi connectivity index (χ2v) is 9.58. The van der Waals surface area contributed by atoms with E-state index in [0.717, 1.165) is 22.5 Å². The number of para-hydroxylation sites is 1. The number of amides is 1. The summed E-state index contributed by atoms with van der Waals surface area (Å²) in [6, 6.07) is 24.0. The third-order valence-corrected chi connectivity index (χ3v) is 6.97. The number of aromatic nitrogens is 2. The summed E-state index contributed by atoms with van der Waals surface area (Å²) in [6.07, 6.45) is 0.654. The topological polar surface area (TPSA) is 57.8 Å². The third-order valence-electron chi connectivity index (χ3n) is 5.40. The summed E-state index contributed by atoms with van der Waals surface area (Å²) >= 11 is 7.65. The average Bonchev–Trinajstić information content (AvgIpc) is 3.23. The minimum Gasteiger partial charge on any atom is -0.332 e. The summed E-state index contributed by atoms with van der Waals surface area (Å²) in [5.41, 5.74) is 6.93. The number of nitrogens with one attached hydrogen (secondary N) is 2. The first-order valence-corrected chi connectivity index (χ1v) is 12.2. The summed E-state index contributed by atoms with van der Waals surface area (Å²) in [7, 11) is 0. The standard InChI is InChI=1S/C27H26ClN3OS/c1-4-23(26(32)29-22-8-6-5-7-21(22)28)33-27-30-24(19-13-9-17(2)10-14-19)25(31-27)20-15-11-18(3)12-16-20/h5-16,23H,4H2,1-3H3,(H,29,32)(H,30,31). The highest BCUT2D eigenvalue weighted by atomic mass is 35.5. The van der Waals surface area contributed by atoms with Gasteiger partial charge in [-0.15, -0.1) is 0 Å². The first kappa shape index (κ1) is 23.1. The number of H-pyrrole nitrogens is 1. The van der Waals surface area contributed by atoms with E-state index in [-0.39, 0.29) is 11.2 Å². The number of imidazole rings is 1. The summed E-state index contributed by atoms with van der Waals surface area (Å²) < 4.78 is 0. The van der Waals surface area contributed by atoms with E-state index in [1.165, 1.54) is 22.9 Å². The first-order chi connectivity index (χ1) is 15.9. The predicted molar refractivity (Wildman–Crippen MR) is 139 cm³/mol. The smallest absolute Gasteiger partial charge is 0.238 e. The van der Waals surface area contributed by atoms with Crippen molar-refractivity contribution in [2.75, 3.05) is 5.32 Å². The lowest BCUT2D eigenvalue weighted by molar-refractivity contribution is -0.115. The van der Waals surface area contributed by atoms with E-state index in [0.29, 0.717) is 22.3 Å². The Labute approximate surface area is 203 Å². The van der Waals surface area contributed by atoms with E-state index < -0.39 is 0 Å². The molecule has 0 saturated heterocycles. The number of nitrogens with zero attached hydrogens (tertiary/aromatic N) is 1. The van der Waals surface area contributed by atoms with Crippen LogP contribution in [0.4, 0.5) is 5.69 Å². The van der Waals surface area contributed by atoms with Gasteiger partial charge in [0.1, 0.15) is 0 Å². The Balaban J connectivity index is 1.64. The maximum atomic E-state index is 13.0. The molecule has 1 amide bonds. The molecule has 1 unspecified atom stereocenters. The van der Waals surface area contributed by atoms with Crippen LogP contribution < -0.4 is 5.32 Å². The maximum absolute atomic E-state index is 13.0. The van der Waals surface area contributed by atoms with Gasteiger partial charge in [0.25, 0.3) is 0 Å². The first-order valence-electron chi connectivity index (χ1n) is 10.9. The van der Waals surface area contributed by atoms with Gasteiger partial charge < -0.3 is 10.3 Å². The fourth-order valence-electron chi connectivity index (χ4n) is 3.49. The molecule has 1 aromatic heterocycles. The molecular formula is C27H26ClN3OS. The van der Waals surface area contributed by atoms with Crippen molar-refractivity contribution in [2.45, 2.75) is 37.6 Å². The van der Waals surface area contributed by atoms with Crippen molar-refractivity contribution in [3.05, 3.63) is 88.9 Å². The Kier molecular flexibility index (Phi) is 7.21. The number of aromatic amines is 1. The molecular weight excluding hydrogens is 450 g/mol. The van der Waals surface area contributed by atoms with E-state index in [4.69, 9.17) is 16.6 Å². The van der Waals surface area contributed by atoms with Gasteiger partial charge in [-0.2, -0.15) is 0 Å². The number of carbonyl (C=O) groups is 1. The molecule has 4 rings (SSSR count). The van der Waals surface area contributed by atoms with Crippen LogP contribution in [0.1, 0.15) is 24.5 Å². The quantitative estimate of drug-likeness (QED) is 0.272. The molecule has 0 saturated carbocycles. The minimum atomic E-state index is -0.316. The fourth-order valence-corrected chi connectivity index (χ4v) is 4.58. The molecule has 0 spiro atoms. The molecule has 168 valence electrons. The summed E-state index contributed by atoms with van der Waals surface area (Å²) in [5.74, 6) is -0.0965. The third kappa shape index (κ3) is 5.49. The molecule has 1 heterocycles. The van der Waals surface area contributed by atoms with Gasteiger partial charge in [-0.25, -0.2) is 4.98 Å². The average molecular weight is 476 g/mol. The lowest BCUT2D eigenvalue weighted by atomic mass is 10.0. The van der Waals surface area contributed by atoms with Crippen LogP contribution >= 0.6 is 23.4 Å². The molecule has 0 fully saturated rings. The monoisotopic (exact) mass is 475 g/mol. The largest absolute Gasteiger partial charge is 0.332 e. The Hall–Kier alpha value is -3.02. The highest BCUT2D eigenvalue weighted by Gasteiger charge is 2.22. The van der Waals surface area contributed by atoms with Gasteiger partial charge >= 0.3 is 0 Å². The molecule has 0 aliphatic carbocycles. The van der Waals surface area contributed by atoms with E-state index in [1.54, 1.807) is 12.1 Å². The molecule has 0 aliphatic heterocycles. The molecule has 4 aromatic rings. The van der Waals surface area contributed by atoms with Gasteiger partial charge in [0.15, 0.2) is 5.16 Å². The SMILES string of the molecule is CCC(Sc1nc(-c2ccc(C)cc2)c(-c2ccc(C)cc2)[nH]1)C(=O)Nc1ccccc1Cl. The molecule has 0 radical (unpaired) electrons. The molecule has 2 N–H and O–H groups in total. The lowest BCUT2D eigenvalue weighted by Crippen LogP contribution is -2.24. The van der Waals surface area contributed by atoms with Gasteiger partial charge in [-0.05, 0) is 32.4 Å². The van der Waals surface area contributed by atoms with Crippen LogP contribution in [0.25, 0.3) is 22.5 Å². The van der Waals surface area contributed by atoms with Crippen molar-refractivity contribution in [2.24, 2.45) is 0 Å². The van der Waals surface area contributed by atoms with E-state index in [9.17, 15) is 4.79 Å². The summed E-state index contributed by atoms with van der Waals surface area (Å²) in [6.45, 7) is 6.14. The molecule has 0 bridgehead atoms. The highest BCUT2D eigenvalue weighted by molar-refractivity contribution is 8.00. The van der Waals surface area contributed by atoms with Crippen molar-refractivity contribution in [3.8, 4) is 22.5 Å². The normalized spacial score (nSPS) is 11.9.